The standard InChI is InChI=1S/C18H12IN3O4/c19-15-5-2-1-4-14(15)17(23)21-20-12-7-9-13(10-8-12)22-26-18(24)16-6-3-11-25-16/h1-11,22H. The molecule has 3 rings (SSSR count). The maximum Gasteiger partial charge on any atom is 0.398 e. The smallest absolute Gasteiger partial charge is 0.398 e. The molecular formula is C18H12IN3O4. The third-order valence-electron chi connectivity index (χ3n) is 3.21. The molecule has 1 amide bonds. The van der Waals surface area contributed by atoms with Crippen LogP contribution in [0.15, 0.2) is 81.6 Å². The number of carbonyl (C=O) groups is 2. The van der Waals surface area contributed by atoms with Gasteiger partial charge in [0.25, 0.3) is 5.91 Å². The molecule has 8 heteroatoms. The summed E-state index contributed by atoms with van der Waals surface area (Å²) in [5, 5.41) is 7.65. The zero-order valence-electron chi connectivity index (χ0n) is 13.3. The van der Waals surface area contributed by atoms with E-state index in [0.717, 1.165) is 3.57 Å². The fourth-order valence-corrected chi connectivity index (χ4v) is 2.56. The van der Waals surface area contributed by atoms with Crippen LogP contribution >= 0.6 is 22.6 Å². The summed E-state index contributed by atoms with van der Waals surface area (Å²) in [6.45, 7) is 0. The van der Waals surface area contributed by atoms with Crippen LogP contribution < -0.4 is 5.48 Å². The third-order valence-corrected chi connectivity index (χ3v) is 4.15. The summed E-state index contributed by atoms with van der Waals surface area (Å²) < 4.78 is 5.74. The van der Waals surface area contributed by atoms with Gasteiger partial charge in [-0.3, -0.25) is 4.79 Å². The lowest BCUT2D eigenvalue weighted by Gasteiger charge is -2.05. The topological polar surface area (TPSA) is 93.3 Å². The van der Waals surface area contributed by atoms with Crippen molar-refractivity contribution >= 4 is 45.8 Å². The lowest BCUT2D eigenvalue weighted by atomic mass is 10.2. The minimum absolute atomic E-state index is 0.0944. The van der Waals surface area contributed by atoms with E-state index in [1.807, 2.05) is 12.1 Å². The maximum absolute atomic E-state index is 12.1. The van der Waals surface area contributed by atoms with Crippen molar-refractivity contribution in [2.24, 2.45) is 10.2 Å². The fraction of sp³-hybridized carbons (Fsp3) is 0. The van der Waals surface area contributed by atoms with Crippen molar-refractivity contribution < 1.29 is 18.8 Å². The number of azo groups is 1. The number of nitrogens with zero attached hydrogens (tertiary/aromatic N) is 2. The van der Waals surface area contributed by atoms with Crippen molar-refractivity contribution in [3.63, 3.8) is 0 Å². The highest BCUT2D eigenvalue weighted by molar-refractivity contribution is 14.1. The second-order valence-electron chi connectivity index (χ2n) is 5.00. The van der Waals surface area contributed by atoms with E-state index in [1.54, 1.807) is 42.5 Å². The molecule has 2 aromatic carbocycles. The van der Waals surface area contributed by atoms with E-state index in [2.05, 4.69) is 38.3 Å². The van der Waals surface area contributed by atoms with Crippen LogP contribution in [0.25, 0.3) is 0 Å². The summed E-state index contributed by atoms with van der Waals surface area (Å²) in [4.78, 5) is 28.6. The fourth-order valence-electron chi connectivity index (χ4n) is 1.94. The van der Waals surface area contributed by atoms with E-state index in [9.17, 15) is 9.59 Å². The molecule has 130 valence electrons. The van der Waals surface area contributed by atoms with Gasteiger partial charge in [0.2, 0.25) is 5.76 Å². The largest absolute Gasteiger partial charge is 0.457 e. The molecule has 0 aliphatic heterocycles. The molecule has 1 N–H and O–H groups in total. The van der Waals surface area contributed by atoms with Gasteiger partial charge in [-0.15, -0.1) is 10.2 Å². The van der Waals surface area contributed by atoms with E-state index in [4.69, 9.17) is 9.25 Å². The number of rotatable bonds is 5. The van der Waals surface area contributed by atoms with Crippen molar-refractivity contribution in [2.75, 3.05) is 5.48 Å². The first-order valence-electron chi connectivity index (χ1n) is 7.45. The Morgan fingerprint density at radius 3 is 2.46 bits per heavy atom. The van der Waals surface area contributed by atoms with Gasteiger partial charge in [0.15, 0.2) is 0 Å². The Balaban J connectivity index is 1.58. The highest BCUT2D eigenvalue weighted by atomic mass is 127. The van der Waals surface area contributed by atoms with Gasteiger partial charge in [0.1, 0.15) is 0 Å². The van der Waals surface area contributed by atoms with Crippen LogP contribution in [-0.2, 0) is 4.84 Å². The molecule has 1 aromatic heterocycles. The Morgan fingerprint density at radius 2 is 1.77 bits per heavy atom. The second-order valence-corrected chi connectivity index (χ2v) is 6.16. The van der Waals surface area contributed by atoms with Gasteiger partial charge in [0.05, 0.1) is 23.2 Å². The number of hydrogen-bond donors (Lipinski definition) is 1. The molecule has 0 spiro atoms. The minimum atomic E-state index is -0.637. The van der Waals surface area contributed by atoms with Gasteiger partial charge in [0, 0.05) is 3.57 Å². The number of furan rings is 1. The highest BCUT2D eigenvalue weighted by Crippen LogP contribution is 2.19. The predicted molar refractivity (Wildman–Crippen MR) is 102 cm³/mol. The average molecular weight is 461 g/mol. The molecule has 0 saturated carbocycles. The van der Waals surface area contributed by atoms with Crippen molar-refractivity contribution in [2.45, 2.75) is 0 Å². The average Bonchev–Trinajstić information content (AvgIpc) is 3.20. The van der Waals surface area contributed by atoms with E-state index in [-0.39, 0.29) is 5.76 Å². The molecule has 0 aliphatic carbocycles. The molecule has 1 heterocycles. The van der Waals surface area contributed by atoms with Crippen LogP contribution in [0.5, 0.6) is 0 Å². The van der Waals surface area contributed by atoms with E-state index >= 15 is 0 Å². The van der Waals surface area contributed by atoms with Gasteiger partial charge in [-0.2, -0.15) is 0 Å². The SMILES string of the molecule is O=C(ONc1ccc(N=NC(=O)c2ccccc2I)cc1)c1ccco1. The van der Waals surface area contributed by atoms with Crippen LogP contribution in [0.4, 0.5) is 11.4 Å². The van der Waals surface area contributed by atoms with Gasteiger partial charge in [-0.05, 0) is 71.1 Å². The Labute approximate surface area is 162 Å². The molecular weight excluding hydrogens is 449 g/mol. The Kier molecular flexibility index (Phi) is 5.74. The quantitative estimate of drug-likeness (QED) is 0.328. The molecule has 0 bridgehead atoms. The van der Waals surface area contributed by atoms with Crippen molar-refractivity contribution in [3.8, 4) is 0 Å². The second kappa shape index (κ2) is 8.39. The molecule has 26 heavy (non-hydrogen) atoms. The van der Waals surface area contributed by atoms with Gasteiger partial charge in [-0.1, -0.05) is 12.1 Å². The lowest BCUT2D eigenvalue weighted by Crippen LogP contribution is -2.09. The molecule has 0 atom stereocenters. The van der Waals surface area contributed by atoms with Gasteiger partial charge < -0.3 is 9.25 Å². The molecule has 7 nitrogen and oxygen atoms in total. The van der Waals surface area contributed by atoms with E-state index in [1.165, 1.54) is 12.3 Å². The van der Waals surface area contributed by atoms with Crippen LogP contribution in [0.2, 0.25) is 0 Å². The number of halogens is 1. The molecule has 0 saturated heterocycles. The normalized spacial score (nSPS) is 10.7. The number of hydrogen-bond acceptors (Lipinski definition) is 6. The zero-order chi connectivity index (χ0) is 18.4. The van der Waals surface area contributed by atoms with Gasteiger partial charge >= 0.3 is 5.97 Å². The van der Waals surface area contributed by atoms with Crippen molar-refractivity contribution in [1.82, 2.24) is 0 Å². The van der Waals surface area contributed by atoms with Crippen molar-refractivity contribution in [3.05, 3.63) is 81.8 Å². The summed E-state index contributed by atoms with van der Waals surface area (Å²) in [5.41, 5.74) is 4.04. The zero-order valence-corrected chi connectivity index (χ0v) is 15.4. The third kappa shape index (κ3) is 4.54. The maximum atomic E-state index is 12.1. The number of benzene rings is 2. The summed E-state index contributed by atoms with van der Waals surface area (Å²) in [6.07, 6.45) is 1.38. The Morgan fingerprint density at radius 1 is 1.00 bits per heavy atom. The summed E-state index contributed by atoms with van der Waals surface area (Å²) in [5.74, 6) is -0.955. The van der Waals surface area contributed by atoms with Crippen LogP contribution in [0, 0.1) is 3.57 Å². The summed E-state index contributed by atoms with van der Waals surface area (Å²) in [7, 11) is 0. The Hall–Kier alpha value is -3.01. The van der Waals surface area contributed by atoms with E-state index < -0.39 is 11.9 Å². The lowest BCUT2D eigenvalue weighted by molar-refractivity contribution is 0.0560. The van der Waals surface area contributed by atoms with Crippen LogP contribution in [0.1, 0.15) is 20.9 Å². The van der Waals surface area contributed by atoms with Crippen molar-refractivity contribution in [1.29, 1.82) is 0 Å². The van der Waals surface area contributed by atoms with E-state index in [0.29, 0.717) is 16.9 Å². The number of anilines is 1. The molecule has 0 radical (unpaired) electrons. The number of carbonyl (C=O) groups excluding carboxylic acids is 2. The summed E-state index contributed by atoms with van der Waals surface area (Å²) in [6, 6.07) is 16.8. The van der Waals surface area contributed by atoms with Crippen LogP contribution in [0.3, 0.4) is 0 Å². The first-order chi connectivity index (χ1) is 12.6. The molecule has 0 unspecified atom stereocenters. The monoisotopic (exact) mass is 461 g/mol. The van der Waals surface area contributed by atoms with Crippen LogP contribution in [-0.4, -0.2) is 11.9 Å². The molecule has 0 fully saturated rings. The number of nitrogens with one attached hydrogen (secondary N) is 1. The predicted octanol–water partition coefficient (Wildman–Crippen LogP) is 4.99. The first-order valence-corrected chi connectivity index (χ1v) is 8.53. The van der Waals surface area contributed by atoms with Gasteiger partial charge in [-0.25, -0.2) is 10.3 Å². The summed E-state index contributed by atoms with van der Waals surface area (Å²) >= 11 is 2.07. The molecule has 0 aliphatic rings. The highest BCUT2D eigenvalue weighted by Gasteiger charge is 2.10. The first kappa shape index (κ1) is 17.8. The number of amides is 1. The molecule has 3 aromatic rings. The Bertz CT molecular complexity index is 937. The minimum Gasteiger partial charge on any atom is -0.457 e.